The van der Waals surface area contributed by atoms with Crippen LogP contribution in [-0.2, 0) is 11.2 Å². The third-order valence-corrected chi connectivity index (χ3v) is 4.64. The fourth-order valence-corrected chi connectivity index (χ4v) is 3.12. The van der Waals surface area contributed by atoms with Gasteiger partial charge in [0, 0.05) is 24.1 Å². The fourth-order valence-electron chi connectivity index (χ4n) is 3.12. The van der Waals surface area contributed by atoms with Gasteiger partial charge in [0.1, 0.15) is 0 Å². The number of amides is 1. The standard InChI is InChI=1S/C23H27N3O4/c1-5-29-19-12-10-17(14-20(19)28-4)23-25-22(30-26-23)8-6-7-21(27)24-18-11-9-15(2)13-16(18)3/h9-14H,5-8H2,1-4H3,(H,24,27). The van der Waals surface area contributed by atoms with E-state index in [4.69, 9.17) is 14.0 Å². The lowest BCUT2D eigenvalue weighted by Crippen LogP contribution is -2.12. The van der Waals surface area contributed by atoms with Crippen LogP contribution in [0.15, 0.2) is 40.9 Å². The van der Waals surface area contributed by atoms with E-state index in [1.165, 1.54) is 5.56 Å². The number of nitrogens with zero attached hydrogens (tertiary/aromatic N) is 2. The second-order valence-corrected chi connectivity index (χ2v) is 7.03. The monoisotopic (exact) mass is 409 g/mol. The SMILES string of the molecule is CCOc1ccc(-c2noc(CCCC(=O)Nc3ccc(C)cc3C)n2)cc1OC. The number of hydrogen-bond donors (Lipinski definition) is 1. The molecule has 0 spiro atoms. The zero-order valence-electron chi connectivity index (χ0n) is 17.8. The molecule has 158 valence electrons. The fraction of sp³-hybridized carbons (Fsp3) is 0.348. The van der Waals surface area contributed by atoms with Crippen LogP contribution < -0.4 is 14.8 Å². The summed E-state index contributed by atoms with van der Waals surface area (Å²) >= 11 is 0. The van der Waals surface area contributed by atoms with E-state index in [0.29, 0.717) is 49.1 Å². The van der Waals surface area contributed by atoms with Gasteiger partial charge < -0.3 is 19.3 Å². The van der Waals surface area contributed by atoms with Gasteiger partial charge in [-0.1, -0.05) is 22.9 Å². The molecule has 0 radical (unpaired) electrons. The van der Waals surface area contributed by atoms with Gasteiger partial charge >= 0.3 is 0 Å². The summed E-state index contributed by atoms with van der Waals surface area (Å²) in [5.41, 5.74) is 3.84. The normalized spacial score (nSPS) is 10.7. The predicted molar refractivity (Wildman–Crippen MR) is 115 cm³/mol. The molecule has 0 saturated carbocycles. The maximum absolute atomic E-state index is 12.2. The molecule has 0 unspecified atom stereocenters. The van der Waals surface area contributed by atoms with Crippen LogP contribution in [0.1, 0.15) is 36.8 Å². The second-order valence-electron chi connectivity index (χ2n) is 7.03. The summed E-state index contributed by atoms with van der Waals surface area (Å²) in [6.45, 7) is 6.49. The zero-order chi connectivity index (χ0) is 21.5. The largest absolute Gasteiger partial charge is 0.493 e. The molecule has 1 aromatic heterocycles. The van der Waals surface area contributed by atoms with Gasteiger partial charge in [-0.3, -0.25) is 4.79 Å². The third kappa shape index (κ3) is 5.37. The highest BCUT2D eigenvalue weighted by atomic mass is 16.5. The first-order valence-electron chi connectivity index (χ1n) is 10.0. The molecular formula is C23H27N3O4. The molecule has 1 N–H and O–H groups in total. The molecular weight excluding hydrogens is 382 g/mol. The number of benzene rings is 2. The highest BCUT2D eigenvalue weighted by Crippen LogP contribution is 2.31. The Bertz CT molecular complexity index is 1010. The van der Waals surface area contributed by atoms with Crippen molar-refractivity contribution in [3.05, 3.63) is 53.4 Å². The lowest BCUT2D eigenvalue weighted by Gasteiger charge is -2.09. The molecule has 0 atom stereocenters. The molecule has 7 heteroatoms. The third-order valence-electron chi connectivity index (χ3n) is 4.64. The summed E-state index contributed by atoms with van der Waals surface area (Å²) in [6.07, 6.45) is 1.52. The highest BCUT2D eigenvalue weighted by Gasteiger charge is 2.13. The van der Waals surface area contributed by atoms with Crippen molar-refractivity contribution in [3.8, 4) is 22.9 Å². The number of carbonyl (C=O) groups excluding carboxylic acids is 1. The van der Waals surface area contributed by atoms with Crippen molar-refractivity contribution in [2.75, 3.05) is 19.0 Å². The van der Waals surface area contributed by atoms with Gasteiger partial charge in [-0.15, -0.1) is 0 Å². The van der Waals surface area contributed by atoms with Gasteiger partial charge in [0.2, 0.25) is 17.6 Å². The van der Waals surface area contributed by atoms with Crippen LogP contribution in [-0.4, -0.2) is 29.8 Å². The minimum absolute atomic E-state index is 0.0297. The van der Waals surface area contributed by atoms with Crippen molar-refractivity contribution in [3.63, 3.8) is 0 Å². The molecule has 1 heterocycles. The summed E-state index contributed by atoms with van der Waals surface area (Å²) < 4.78 is 16.2. The molecule has 30 heavy (non-hydrogen) atoms. The first-order chi connectivity index (χ1) is 14.5. The summed E-state index contributed by atoms with van der Waals surface area (Å²) in [7, 11) is 1.59. The maximum atomic E-state index is 12.2. The summed E-state index contributed by atoms with van der Waals surface area (Å²) in [5, 5.41) is 6.99. The summed E-state index contributed by atoms with van der Waals surface area (Å²) in [4.78, 5) is 16.6. The van der Waals surface area contributed by atoms with Gasteiger partial charge in [-0.25, -0.2) is 0 Å². The van der Waals surface area contributed by atoms with Crippen molar-refractivity contribution in [2.24, 2.45) is 0 Å². The number of nitrogens with one attached hydrogen (secondary N) is 1. The highest BCUT2D eigenvalue weighted by molar-refractivity contribution is 5.91. The van der Waals surface area contributed by atoms with Crippen molar-refractivity contribution < 1.29 is 18.8 Å². The van der Waals surface area contributed by atoms with E-state index in [1.807, 2.05) is 57.2 Å². The first-order valence-corrected chi connectivity index (χ1v) is 10.0. The number of methoxy groups -OCH3 is 1. The Morgan fingerprint density at radius 2 is 1.97 bits per heavy atom. The van der Waals surface area contributed by atoms with E-state index >= 15 is 0 Å². The van der Waals surface area contributed by atoms with Gasteiger partial charge in [0.15, 0.2) is 11.5 Å². The van der Waals surface area contributed by atoms with E-state index in [0.717, 1.165) is 16.8 Å². The van der Waals surface area contributed by atoms with Crippen LogP contribution in [0, 0.1) is 13.8 Å². The molecule has 7 nitrogen and oxygen atoms in total. The van der Waals surface area contributed by atoms with Crippen molar-refractivity contribution in [1.82, 2.24) is 10.1 Å². The maximum Gasteiger partial charge on any atom is 0.226 e. The van der Waals surface area contributed by atoms with Crippen LogP contribution in [0.2, 0.25) is 0 Å². The van der Waals surface area contributed by atoms with Gasteiger partial charge in [-0.05, 0) is 57.0 Å². The lowest BCUT2D eigenvalue weighted by molar-refractivity contribution is -0.116. The van der Waals surface area contributed by atoms with E-state index < -0.39 is 0 Å². The second kappa shape index (κ2) is 9.91. The summed E-state index contributed by atoms with van der Waals surface area (Å²) in [6, 6.07) is 11.5. The van der Waals surface area contributed by atoms with Crippen LogP contribution in [0.4, 0.5) is 5.69 Å². The smallest absolute Gasteiger partial charge is 0.226 e. The number of ether oxygens (including phenoxy) is 2. The van der Waals surface area contributed by atoms with Crippen LogP contribution in [0.5, 0.6) is 11.5 Å². The average molecular weight is 409 g/mol. The Kier molecular flexibility index (Phi) is 7.06. The molecule has 2 aromatic carbocycles. The number of carbonyl (C=O) groups is 1. The van der Waals surface area contributed by atoms with E-state index in [2.05, 4.69) is 15.5 Å². The first kappa shape index (κ1) is 21.4. The average Bonchev–Trinajstić information content (AvgIpc) is 3.19. The van der Waals surface area contributed by atoms with Crippen LogP contribution in [0.3, 0.4) is 0 Å². The zero-order valence-corrected chi connectivity index (χ0v) is 17.8. The molecule has 3 aromatic rings. The van der Waals surface area contributed by atoms with Gasteiger partial charge in [-0.2, -0.15) is 4.98 Å². The molecule has 0 aliphatic carbocycles. The molecule has 0 aliphatic heterocycles. The molecule has 0 saturated heterocycles. The number of hydrogen-bond acceptors (Lipinski definition) is 6. The number of aromatic nitrogens is 2. The van der Waals surface area contributed by atoms with E-state index in [-0.39, 0.29) is 5.91 Å². The van der Waals surface area contributed by atoms with Crippen LogP contribution >= 0.6 is 0 Å². The van der Waals surface area contributed by atoms with Crippen molar-refractivity contribution in [1.29, 1.82) is 0 Å². The molecule has 0 bridgehead atoms. The number of aryl methyl sites for hydroxylation is 3. The minimum atomic E-state index is -0.0297. The minimum Gasteiger partial charge on any atom is -0.493 e. The summed E-state index contributed by atoms with van der Waals surface area (Å²) in [5.74, 6) is 2.23. The molecule has 3 rings (SSSR count). The van der Waals surface area contributed by atoms with E-state index in [1.54, 1.807) is 7.11 Å². The Balaban J connectivity index is 1.55. The molecule has 0 aliphatic rings. The quantitative estimate of drug-likeness (QED) is 0.550. The molecule has 0 fully saturated rings. The van der Waals surface area contributed by atoms with E-state index in [9.17, 15) is 4.79 Å². The predicted octanol–water partition coefficient (Wildman–Crippen LogP) is 4.72. The van der Waals surface area contributed by atoms with Gasteiger partial charge in [0.25, 0.3) is 0 Å². The number of rotatable bonds is 9. The topological polar surface area (TPSA) is 86.5 Å². The Morgan fingerprint density at radius 3 is 2.70 bits per heavy atom. The van der Waals surface area contributed by atoms with Crippen molar-refractivity contribution in [2.45, 2.75) is 40.0 Å². The number of anilines is 1. The Labute approximate surface area is 176 Å². The Hall–Kier alpha value is -3.35. The van der Waals surface area contributed by atoms with Crippen molar-refractivity contribution >= 4 is 11.6 Å². The van der Waals surface area contributed by atoms with Crippen LogP contribution in [0.25, 0.3) is 11.4 Å². The lowest BCUT2D eigenvalue weighted by atomic mass is 10.1. The Morgan fingerprint density at radius 1 is 1.13 bits per heavy atom. The molecule has 1 amide bonds. The van der Waals surface area contributed by atoms with Gasteiger partial charge in [0.05, 0.1) is 13.7 Å².